The van der Waals surface area contributed by atoms with E-state index < -0.39 is 0 Å². The average molecular weight is 457 g/mol. The fourth-order valence-electron chi connectivity index (χ4n) is 4.90. The van der Waals surface area contributed by atoms with Gasteiger partial charge in [0.1, 0.15) is 11.2 Å². The maximum absolute atomic E-state index is 6.36. The molecule has 1 unspecified atom stereocenters. The second-order valence-electron chi connectivity index (χ2n) is 9.29. The lowest BCUT2D eigenvalue weighted by Crippen LogP contribution is -2.19. The molecule has 4 aromatic rings. The van der Waals surface area contributed by atoms with E-state index in [1.54, 1.807) is 0 Å². The minimum atomic E-state index is 0.0466. The molecule has 3 nitrogen and oxygen atoms in total. The molecule has 0 amide bonds. The first-order valence-electron chi connectivity index (χ1n) is 12.1. The highest BCUT2D eigenvalue weighted by Gasteiger charge is 2.22. The Hall–Kier alpha value is -4.24. The molecule has 0 radical (unpaired) electrons. The summed E-state index contributed by atoms with van der Waals surface area (Å²) in [7, 11) is 0. The van der Waals surface area contributed by atoms with E-state index >= 15 is 0 Å². The molecule has 3 heteroatoms. The largest absolute Gasteiger partial charge is 0.456 e. The smallest absolute Gasteiger partial charge is 0.141 e. The van der Waals surface area contributed by atoms with Crippen LogP contribution in [0.5, 0.6) is 0 Å². The van der Waals surface area contributed by atoms with Crippen molar-refractivity contribution < 1.29 is 4.42 Å². The summed E-state index contributed by atoms with van der Waals surface area (Å²) in [4.78, 5) is 2.26. The number of hydrogen-bond donors (Lipinski definition) is 1. The lowest BCUT2D eigenvalue weighted by molar-refractivity contribution is 0.432. The molecule has 0 saturated carbocycles. The highest BCUT2D eigenvalue weighted by Crippen LogP contribution is 2.37. The average Bonchev–Trinajstić information content (AvgIpc) is 3.28. The van der Waals surface area contributed by atoms with Crippen molar-refractivity contribution in [2.45, 2.75) is 19.9 Å². The van der Waals surface area contributed by atoms with Crippen molar-refractivity contribution in [2.75, 3.05) is 6.54 Å². The number of dihydropyridines is 1. The highest BCUT2D eigenvalue weighted by atomic mass is 16.3. The zero-order valence-electron chi connectivity index (χ0n) is 20.0. The van der Waals surface area contributed by atoms with Crippen LogP contribution in [-0.2, 0) is 0 Å². The predicted octanol–water partition coefficient (Wildman–Crippen LogP) is 7.96. The molecule has 1 N–H and O–H groups in total. The van der Waals surface area contributed by atoms with E-state index in [2.05, 4.69) is 121 Å². The van der Waals surface area contributed by atoms with Gasteiger partial charge in [0, 0.05) is 46.5 Å². The van der Waals surface area contributed by atoms with Crippen LogP contribution in [0, 0.1) is 0 Å². The van der Waals surface area contributed by atoms with Gasteiger partial charge in [0.2, 0.25) is 0 Å². The minimum absolute atomic E-state index is 0.0466. The van der Waals surface area contributed by atoms with Gasteiger partial charge in [-0.2, -0.15) is 0 Å². The molecule has 0 saturated heterocycles. The van der Waals surface area contributed by atoms with Crippen LogP contribution < -0.4 is 5.32 Å². The second kappa shape index (κ2) is 8.84. The number of furan rings is 1. The Bertz CT molecular complexity index is 1580. The number of allylic oxidation sites excluding steroid dienone is 4. The first kappa shape index (κ1) is 21.3. The Morgan fingerprint density at radius 2 is 1.74 bits per heavy atom. The molecular weight excluding hydrogens is 428 g/mol. The highest BCUT2D eigenvalue weighted by molar-refractivity contribution is 6.06. The summed E-state index contributed by atoms with van der Waals surface area (Å²) in [6, 6.07) is 23.3. The standard InChI is InChI=1S/C32H28N2O/c1-22-16-18-34(19-17-24-8-3-4-9-25(24)29-15-14-23(2)21-33-29)30(20-22)28-12-7-11-27-26-10-5-6-13-31(26)35-32(27)28/h3-20,30,33H,21H2,1-2H3/b19-17+. The molecule has 2 aliphatic rings. The van der Waals surface area contributed by atoms with Gasteiger partial charge >= 0.3 is 0 Å². The van der Waals surface area contributed by atoms with E-state index in [9.17, 15) is 0 Å². The summed E-state index contributed by atoms with van der Waals surface area (Å²) >= 11 is 0. The number of benzene rings is 3. The van der Waals surface area contributed by atoms with Crippen molar-refractivity contribution in [2.24, 2.45) is 0 Å². The zero-order valence-corrected chi connectivity index (χ0v) is 20.0. The van der Waals surface area contributed by atoms with Crippen LogP contribution in [-0.4, -0.2) is 11.4 Å². The number of nitrogens with one attached hydrogen (secondary N) is 1. The molecule has 35 heavy (non-hydrogen) atoms. The van der Waals surface area contributed by atoms with Crippen molar-refractivity contribution in [1.29, 1.82) is 0 Å². The normalized spacial score (nSPS) is 18.1. The van der Waals surface area contributed by atoms with Crippen molar-refractivity contribution in [3.63, 3.8) is 0 Å². The Kier molecular flexibility index (Phi) is 5.38. The molecule has 0 aliphatic carbocycles. The van der Waals surface area contributed by atoms with Crippen LogP contribution in [0.3, 0.4) is 0 Å². The third-order valence-electron chi connectivity index (χ3n) is 6.77. The number of fused-ring (bicyclic) bond motifs is 3. The van der Waals surface area contributed by atoms with Crippen molar-refractivity contribution >= 4 is 33.7 Å². The van der Waals surface area contributed by atoms with Gasteiger partial charge in [-0.1, -0.05) is 84.0 Å². The van der Waals surface area contributed by atoms with Crippen LogP contribution in [0.4, 0.5) is 0 Å². The Balaban J connectivity index is 1.39. The van der Waals surface area contributed by atoms with E-state index in [0.29, 0.717) is 0 Å². The number of para-hydroxylation sites is 2. The van der Waals surface area contributed by atoms with Gasteiger partial charge in [-0.3, -0.25) is 0 Å². The van der Waals surface area contributed by atoms with Gasteiger partial charge in [0.15, 0.2) is 0 Å². The molecule has 3 aromatic carbocycles. The minimum Gasteiger partial charge on any atom is -0.456 e. The van der Waals surface area contributed by atoms with Gasteiger partial charge in [-0.15, -0.1) is 0 Å². The summed E-state index contributed by atoms with van der Waals surface area (Å²) < 4.78 is 6.36. The van der Waals surface area contributed by atoms with Crippen molar-refractivity contribution in [3.05, 3.63) is 131 Å². The van der Waals surface area contributed by atoms with Crippen LogP contribution in [0.2, 0.25) is 0 Å². The zero-order chi connectivity index (χ0) is 23.8. The molecule has 1 aromatic heterocycles. The van der Waals surface area contributed by atoms with Gasteiger partial charge in [0.25, 0.3) is 0 Å². The van der Waals surface area contributed by atoms with Gasteiger partial charge in [-0.25, -0.2) is 0 Å². The first-order valence-corrected chi connectivity index (χ1v) is 12.1. The van der Waals surface area contributed by atoms with Crippen LogP contribution >= 0.6 is 0 Å². The van der Waals surface area contributed by atoms with Crippen molar-refractivity contribution in [1.82, 2.24) is 10.2 Å². The molecule has 0 bridgehead atoms. The fraction of sp³-hybridized carbons (Fsp3) is 0.125. The molecule has 3 heterocycles. The predicted molar refractivity (Wildman–Crippen MR) is 146 cm³/mol. The van der Waals surface area contributed by atoms with Crippen LogP contribution in [0.15, 0.2) is 119 Å². The Morgan fingerprint density at radius 3 is 2.63 bits per heavy atom. The van der Waals surface area contributed by atoms with Crippen LogP contribution in [0.1, 0.15) is 36.6 Å². The van der Waals surface area contributed by atoms with Gasteiger partial charge in [0.05, 0.1) is 6.04 Å². The topological polar surface area (TPSA) is 28.4 Å². The van der Waals surface area contributed by atoms with Gasteiger partial charge < -0.3 is 14.6 Å². The van der Waals surface area contributed by atoms with Crippen molar-refractivity contribution in [3.8, 4) is 0 Å². The number of hydrogen-bond acceptors (Lipinski definition) is 3. The van der Waals surface area contributed by atoms with E-state index in [1.807, 2.05) is 12.1 Å². The summed E-state index contributed by atoms with van der Waals surface area (Å²) in [5, 5.41) is 5.86. The summed E-state index contributed by atoms with van der Waals surface area (Å²) in [5.74, 6) is 0. The first-order chi connectivity index (χ1) is 17.2. The summed E-state index contributed by atoms with van der Waals surface area (Å²) in [5.41, 5.74) is 9.17. The van der Waals surface area contributed by atoms with E-state index in [-0.39, 0.29) is 6.04 Å². The molecule has 0 fully saturated rings. The number of rotatable bonds is 4. The number of nitrogens with zero attached hydrogens (tertiary/aromatic N) is 1. The molecule has 0 spiro atoms. The molecule has 1 atom stereocenters. The van der Waals surface area contributed by atoms with Gasteiger partial charge in [-0.05, 0) is 43.7 Å². The third-order valence-corrected chi connectivity index (χ3v) is 6.77. The monoisotopic (exact) mass is 456 g/mol. The quantitative estimate of drug-likeness (QED) is 0.338. The molecule has 6 rings (SSSR count). The maximum Gasteiger partial charge on any atom is 0.141 e. The molecular formula is C32H28N2O. The Labute approximate surface area is 206 Å². The second-order valence-corrected chi connectivity index (χ2v) is 9.29. The van der Waals surface area contributed by atoms with E-state index in [1.165, 1.54) is 22.3 Å². The van der Waals surface area contributed by atoms with E-state index in [4.69, 9.17) is 4.42 Å². The summed E-state index contributed by atoms with van der Waals surface area (Å²) in [6.07, 6.45) is 15.4. The van der Waals surface area contributed by atoms with Crippen LogP contribution in [0.25, 0.3) is 33.7 Å². The SMILES string of the molecule is CC1=CC(c2cccc3c2oc2ccccc23)N(/C=C/c2ccccc2C2=CC=C(C)CN2)C=C1. The summed E-state index contributed by atoms with van der Waals surface area (Å²) in [6.45, 7) is 5.18. The molecule has 2 aliphatic heterocycles. The Morgan fingerprint density at radius 1 is 0.914 bits per heavy atom. The lowest BCUT2D eigenvalue weighted by Gasteiger charge is -2.29. The lowest BCUT2D eigenvalue weighted by atomic mass is 9.98. The fourth-order valence-corrected chi connectivity index (χ4v) is 4.90. The molecule has 172 valence electrons. The third kappa shape index (κ3) is 4.00. The van der Waals surface area contributed by atoms with E-state index in [0.717, 1.165) is 39.7 Å². The maximum atomic E-state index is 6.36.